The number of hydrogen-bond donors (Lipinski definition) is 0. The van der Waals surface area contributed by atoms with Crippen molar-refractivity contribution in [2.75, 3.05) is 0 Å². The number of unbranched alkanes of at least 4 members (excludes halogenated alkanes) is 6. The van der Waals surface area contributed by atoms with Crippen molar-refractivity contribution in [1.29, 1.82) is 0 Å². The Morgan fingerprint density at radius 3 is 2.00 bits per heavy atom. The predicted octanol–water partition coefficient (Wildman–Crippen LogP) is 7.31. The van der Waals surface area contributed by atoms with Gasteiger partial charge in [0.1, 0.15) is 0 Å². The molecule has 1 saturated carbocycles. The lowest BCUT2D eigenvalue weighted by Crippen LogP contribution is -2.10. The van der Waals surface area contributed by atoms with Gasteiger partial charge in [-0.15, -0.1) is 6.58 Å². The Labute approximate surface area is 128 Å². The maximum atomic E-state index is 3.91. The van der Waals surface area contributed by atoms with Crippen LogP contribution in [0, 0.1) is 11.8 Å². The minimum absolute atomic E-state index is 0.799. The van der Waals surface area contributed by atoms with Crippen molar-refractivity contribution in [2.45, 2.75) is 91.4 Å². The third kappa shape index (κ3) is 10.3. The van der Waals surface area contributed by atoms with Gasteiger partial charge in [-0.05, 0) is 50.4 Å². The van der Waals surface area contributed by atoms with Crippen molar-refractivity contribution in [2.24, 2.45) is 11.8 Å². The molecule has 0 aromatic carbocycles. The monoisotopic (exact) mass is 278 g/mol. The first-order chi connectivity index (χ1) is 9.86. The molecule has 1 fully saturated rings. The zero-order chi connectivity index (χ0) is 15.1. The van der Waals surface area contributed by atoms with Crippen LogP contribution in [-0.2, 0) is 0 Å². The molecule has 0 spiro atoms. The highest BCUT2D eigenvalue weighted by molar-refractivity contribution is 4.93. The molecule has 20 heavy (non-hydrogen) atoms. The van der Waals surface area contributed by atoms with E-state index in [4.69, 9.17) is 0 Å². The first kappa shape index (κ1) is 19.5. The molecule has 0 aromatic heterocycles. The fourth-order valence-corrected chi connectivity index (χ4v) is 2.90. The Morgan fingerprint density at radius 1 is 0.850 bits per heavy atom. The van der Waals surface area contributed by atoms with Gasteiger partial charge >= 0.3 is 0 Å². The van der Waals surface area contributed by atoms with Crippen LogP contribution in [0.5, 0.6) is 0 Å². The van der Waals surface area contributed by atoms with E-state index in [9.17, 15) is 0 Å². The van der Waals surface area contributed by atoms with Crippen LogP contribution in [0.2, 0.25) is 0 Å². The molecule has 118 valence electrons. The lowest BCUT2D eigenvalue weighted by atomic mass is 9.82. The Kier molecular flexibility index (Phi) is 14.5. The largest absolute Gasteiger partial charge is 0.103 e. The van der Waals surface area contributed by atoms with E-state index >= 15 is 0 Å². The van der Waals surface area contributed by atoms with Crippen molar-refractivity contribution in [1.82, 2.24) is 0 Å². The summed E-state index contributed by atoms with van der Waals surface area (Å²) in [7, 11) is 0. The van der Waals surface area contributed by atoms with Gasteiger partial charge in [0.2, 0.25) is 0 Å². The molecular weight excluding hydrogens is 240 g/mol. The highest BCUT2D eigenvalue weighted by atomic mass is 14.2. The summed E-state index contributed by atoms with van der Waals surface area (Å²) in [4.78, 5) is 0. The van der Waals surface area contributed by atoms with Gasteiger partial charge < -0.3 is 0 Å². The lowest BCUT2D eigenvalue weighted by Gasteiger charge is -2.24. The quantitative estimate of drug-likeness (QED) is 0.306. The van der Waals surface area contributed by atoms with E-state index in [1.807, 2.05) is 13.8 Å². The van der Waals surface area contributed by atoms with E-state index in [0.29, 0.717) is 0 Å². The fraction of sp³-hybridized carbons (Fsp3) is 0.800. The van der Waals surface area contributed by atoms with Crippen molar-refractivity contribution in [3.63, 3.8) is 0 Å². The molecule has 0 nitrogen and oxygen atoms in total. The molecule has 0 radical (unpaired) electrons. The molecule has 0 heterocycles. The van der Waals surface area contributed by atoms with E-state index in [-0.39, 0.29) is 0 Å². The fourth-order valence-electron chi connectivity index (χ4n) is 2.90. The highest BCUT2D eigenvalue weighted by Gasteiger charge is 2.16. The predicted molar refractivity (Wildman–Crippen MR) is 94.1 cm³/mol. The summed E-state index contributed by atoms with van der Waals surface area (Å²) in [5.74, 6) is 1.66. The maximum Gasteiger partial charge on any atom is -0.0233 e. The molecular formula is C20H38. The van der Waals surface area contributed by atoms with Crippen LogP contribution in [-0.4, -0.2) is 0 Å². The number of allylic oxidation sites excluding steroid dienone is 3. The molecule has 0 bridgehead atoms. The van der Waals surface area contributed by atoms with E-state index in [1.54, 1.807) is 0 Å². The molecule has 0 unspecified atom stereocenters. The number of rotatable bonds is 9. The van der Waals surface area contributed by atoms with Crippen LogP contribution in [0.4, 0.5) is 0 Å². The van der Waals surface area contributed by atoms with Gasteiger partial charge in [0.15, 0.2) is 0 Å². The first-order valence-corrected chi connectivity index (χ1v) is 9.16. The third-order valence-electron chi connectivity index (χ3n) is 4.28. The van der Waals surface area contributed by atoms with Gasteiger partial charge in [0, 0.05) is 0 Å². The molecule has 0 aliphatic heterocycles. The smallest absolute Gasteiger partial charge is 0.0233 e. The van der Waals surface area contributed by atoms with Gasteiger partial charge in [-0.3, -0.25) is 0 Å². The molecule has 0 N–H and O–H groups in total. The molecule has 1 aliphatic carbocycles. The number of hydrogen-bond acceptors (Lipinski definition) is 0. The average molecular weight is 279 g/mol. The molecule has 1 rings (SSSR count). The van der Waals surface area contributed by atoms with Gasteiger partial charge in [0.25, 0.3) is 0 Å². The summed E-state index contributed by atoms with van der Waals surface area (Å²) in [6.45, 7) is 10.2. The standard InChI is InChI=1S/C18H32.C2H6/c1-3-5-6-7-8-9-10-11-12-18-15-13-17(4-2)14-16-18;1-2/h4,11-12,17-18H,2-3,5-10,13-16H2,1H3;1-2H3/b12-11+;. The maximum absolute atomic E-state index is 3.91. The van der Waals surface area contributed by atoms with Gasteiger partial charge in [-0.1, -0.05) is 71.1 Å². The lowest BCUT2D eigenvalue weighted by molar-refractivity contribution is 0.356. The SMILES string of the molecule is C=CC1CCC(/C=C/CCCCCCCC)CC1.CC. The van der Waals surface area contributed by atoms with Crippen LogP contribution >= 0.6 is 0 Å². The minimum Gasteiger partial charge on any atom is -0.103 e. The van der Waals surface area contributed by atoms with Crippen molar-refractivity contribution in [3.8, 4) is 0 Å². The molecule has 0 aromatic rings. The van der Waals surface area contributed by atoms with Gasteiger partial charge in [0.05, 0.1) is 0 Å². The second-order valence-electron chi connectivity index (χ2n) is 5.90. The van der Waals surface area contributed by atoms with E-state index in [2.05, 4.69) is 31.7 Å². The summed E-state index contributed by atoms with van der Waals surface area (Å²) in [5.41, 5.74) is 0. The van der Waals surface area contributed by atoms with E-state index < -0.39 is 0 Å². The average Bonchev–Trinajstić information content (AvgIpc) is 2.52. The highest BCUT2D eigenvalue weighted by Crippen LogP contribution is 2.30. The molecule has 0 heteroatoms. The first-order valence-electron chi connectivity index (χ1n) is 9.16. The topological polar surface area (TPSA) is 0 Å². The molecule has 0 amide bonds. The minimum atomic E-state index is 0.799. The zero-order valence-electron chi connectivity index (χ0n) is 14.4. The Balaban J connectivity index is 0.00000172. The summed E-state index contributed by atoms with van der Waals surface area (Å²) < 4.78 is 0. The second kappa shape index (κ2) is 14.9. The van der Waals surface area contributed by atoms with Crippen LogP contribution in [0.15, 0.2) is 24.8 Å². The van der Waals surface area contributed by atoms with Crippen molar-refractivity contribution >= 4 is 0 Å². The molecule has 1 aliphatic rings. The molecule has 0 atom stereocenters. The van der Waals surface area contributed by atoms with Crippen LogP contribution in [0.3, 0.4) is 0 Å². The normalized spacial score (nSPS) is 22.4. The Hall–Kier alpha value is -0.520. The van der Waals surface area contributed by atoms with Crippen LogP contribution < -0.4 is 0 Å². The summed E-state index contributed by atoms with van der Waals surface area (Å²) in [5, 5.41) is 0. The Bertz CT molecular complexity index is 218. The summed E-state index contributed by atoms with van der Waals surface area (Å²) in [6, 6.07) is 0. The van der Waals surface area contributed by atoms with Crippen LogP contribution in [0.1, 0.15) is 91.4 Å². The third-order valence-corrected chi connectivity index (χ3v) is 4.28. The zero-order valence-corrected chi connectivity index (χ0v) is 14.4. The van der Waals surface area contributed by atoms with Crippen molar-refractivity contribution < 1.29 is 0 Å². The van der Waals surface area contributed by atoms with E-state index in [0.717, 1.165) is 11.8 Å². The Morgan fingerprint density at radius 2 is 1.40 bits per heavy atom. The van der Waals surface area contributed by atoms with Crippen molar-refractivity contribution in [3.05, 3.63) is 24.8 Å². The van der Waals surface area contributed by atoms with Gasteiger partial charge in [-0.2, -0.15) is 0 Å². The van der Waals surface area contributed by atoms with Gasteiger partial charge in [-0.25, -0.2) is 0 Å². The molecule has 0 saturated heterocycles. The summed E-state index contributed by atoms with van der Waals surface area (Å²) >= 11 is 0. The van der Waals surface area contributed by atoms with Crippen LogP contribution in [0.25, 0.3) is 0 Å². The second-order valence-corrected chi connectivity index (χ2v) is 5.90. The summed E-state index contributed by atoms with van der Waals surface area (Å²) in [6.07, 6.45) is 22.3. The van der Waals surface area contributed by atoms with E-state index in [1.165, 1.54) is 70.6 Å².